The summed E-state index contributed by atoms with van der Waals surface area (Å²) in [6, 6.07) is 5.42. The molecule has 0 N–H and O–H groups in total. The maximum atomic E-state index is 11.4. The van der Waals surface area contributed by atoms with Crippen LogP contribution in [0.15, 0.2) is 18.2 Å². The van der Waals surface area contributed by atoms with Gasteiger partial charge in [0.15, 0.2) is 5.78 Å². The Hall–Kier alpha value is -1.39. The fourth-order valence-corrected chi connectivity index (χ4v) is 1.72. The van der Waals surface area contributed by atoms with Crippen molar-refractivity contribution in [2.45, 2.75) is 33.5 Å². The molecule has 0 aliphatic heterocycles. The predicted molar refractivity (Wildman–Crippen MR) is 73.7 cm³/mol. The van der Waals surface area contributed by atoms with Crippen molar-refractivity contribution >= 4 is 5.78 Å². The Balaban J connectivity index is 2.81. The highest BCUT2D eigenvalue weighted by molar-refractivity contribution is 5.94. The van der Waals surface area contributed by atoms with E-state index in [0.29, 0.717) is 25.4 Å². The third kappa shape index (κ3) is 5.01. The monoisotopic (exact) mass is 266 g/mol. The average Bonchev–Trinajstić information content (AvgIpc) is 2.38. The van der Waals surface area contributed by atoms with Crippen molar-refractivity contribution < 1.29 is 19.0 Å². The molecule has 0 aliphatic carbocycles. The fourth-order valence-electron chi connectivity index (χ4n) is 1.72. The van der Waals surface area contributed by atoms with Gasteiger partial charge in [0, 0.05) is 18.2 Å². The number of hydrogen-bond donors (Lipinski definition) is 0. The topological polar surface area (TPSA) is 44.8 Å². The van der Waals surface area contributed by atoms with Gasteiger partial charge in [0.1, 0.15) is 5.75 Å². The van der Waals surface area contributed by atoms with Crippen molar-refractivity contribution in [1.82, 2.24) is 0 Å². The van der Waals surface area contributed by atoms with Crippen molar-refractivity contribution in [1.29, 1.82) is 0 Å². The van der Waals surface area contributed by atoms with Crippen LogP contribution < -0.4 is 4.74 Å². The molecular formula is C15H22O4. The lowest BCUT2D eigenvalue weighted by Crippen LogP contribution is -2.15. The number of Topliss-reactive ketones (excluding diaryl/α,β-unsaturated/α-hetero) is 1. The van der Waals surface area contributed by atoms with E-state index in [1.54, 1.807) is 20.1 Å². The van der Waals surface area contributed by atoms with Crippen LogP contribution in [0.2, 0.25) is 0 Å². The van der Waals surface area contributed by atoms with Gasteiger partial charge in [-0.2, -0.15) is 0 Å². The Bertz CT molecular complexity index is 415. The van der Waals surface area contributed by atoms with Gasteiger partial charge in [-0.15, -0.1) is 0 Å². The second-order valence-corrected chi connectivity index (χ2v) is 4.39. The Morgan fingerprint density at radius 2 is 2.11 bits per heavy atom. The van der Waals surface area contributed by atoms with Gasteiger partial charge in [-0.3, -0.25) is 4.79 Å². The van der Waals surface area contributed by atoms with E-state index < -0.39 is 0 Å². The summed E-state index contributed by atoms with van der Waals surface area (Å²) in [5, 5.41) is 0. The first-order chi connectivity index (χ1) is 9.08. The van der Waals surface area contributed by atoms with E-state index in [1.165, 1.54) is 0 Å². The van der Waals surface area contributed by atoms with Gasteiger partial charge in [-0.1, -0.05) is 0 Å². The number of carbonyl (C=O) groups is 1. The number of ether oxygens (including phenoxy) is 3. The highest BCUT2D eigenvalue weighted by Crippen LogP contribution is 2.22. The summed E-state index contributed by atoms with van der Waals surface area (Å²) in [6.07, 6.45) is 0.000427. The van der Waals surface area contributed by atoms with Crippen LogP contribution in [0.4, 0.5) is 0 Å². The molecule has 0 fully saturated rings. The largest absolute Gasteiger partial charge is 0.494 e. The van der Waals surface area contributed by atoms with Crippen molar-refractivity contribution in [3.8, 4) is 5.75 Å². The molecule has 0 radical (unpaired) electrons. The maximum Gasteiger partial charge on any atom is 0.159 e. The summed E-state index contributed by atoms with van der Waals surface area (Å²) in [4.78, 5) is 11.4. The Kier molecular flexibility index (Phi) is 6.53. The van der Waals surface area contributed by atoms with Crippen LogP contribution in [-0.2, 0) is 16.1 Å². The van der Waals surface area contributed by atoms with E-state index >= 15 is 0 Å². The molecule has 4 heteroatoms. The molecule has 106 valence electrons. The van der Waals surface area contributed by atoms with Crippen molar-refractivity contribution in [2.75, 3.05) is 20.3 Å². The van der Waals surface area contributed by atoms with E-state index in [-0.39, 0.29) is 11.9 Å². The van der Waals surface area contributed by atoms with E-state index in [4.69, 9.17) is 14.2 Å². The van der Waals surface area contributed by atoms with Gasteiger partial charge in [0.2, 0.25) is 0 Å². The highest BCUT2D eigenvalue weighted by atomic mass is 16.5. The molecule has 1 aromatic rings. The lowest BCUT2D eigenvalue weighted by atomic mass is 10.1. The normalized spacial score (nSPS) is 12.2. The molecule has 1 unspecified atom stereocenters. The minimum atomic E-state index is 0.000427. The van der Waals surface area contributed by atoms with Gasteiger partial charge in [-0.05, 0) is 39.0 Å². The van der Waals surface area contributed by atoms with Crippen molar-refractivity contribution in [2.24, 2.45) is 0 Å². The van der Waals surface area contributed by atoms with Crippen LogP contribution in [0.25, 0.3) is 0 Å². The SMILES string of the molecule is CCOc1ccc(C(C)=O)cc1COC(C)COC. The van der Waals surface area contributed by atoms with E-state index in [9.17, 15) is 4.79 Å². The third-order valence-electron chi connectivity index (χ3n) is 2.69. The molecule has 0 saturated heterocycles. The molecule has 0 bridgehead atoms. The Morgan fingerprint density at radius 3 is 2.68 bits per heavy atom. The first-order valence-electron chi connectivity index (χ1n) is 6.45. The molecular weight excluding hydrogens is 244 g/mol. The molecule has 0 aliphatic rings. The number of benzene rings is 1. The Labute approximate surface area is 114 Å². The average molecular weight is 266 g/mol. The third-order valence-corrected chi connectivity index (χ3v) is 2.69. The van der Waals surface area contributed by atoms with E-state index in [0.717, 1.165) is 11.3 Å². The molecule has 0 saturated carbocycles. The summed E-state index contributed by atoms with van der Waals surface area (Å²) < 4.78 is 16.2. The summed E-state index contributed by atoms with van der Waals surface area (Å²) in [5.41, 5.74) is 1.55. The van der Waals surface area contributed by atoms with Crippen molar-refractivity contribution in [3.63, 3.8) is 0 Å². The molecule has 0 spiro atoms. The number of methoxy groups -OCH3 is 1. The van der Waals surface area contributed by atoms with Crippen LogP contribution in [0.5, 0.6) is 5.75 Å². The standard InChI is InChI=1S/C15H22O4/c1-5-18-15-7-6-13(12(3)16)8-14(15)10-19-11(2)9-17-4/h6-8,11H,5,9-10H2,1-4H3. The minimum Gasteiger partial charge on any atom is -0.494 e. The van der Waals surface area contributed by atoms with Gasteiger partial charge < -0.3 is 14.2 Å². The lowest BCUT2D eigenvalue weighted by molar-refractivity contribution is -0.000859. The number of carbonyl (C=O) groups excluding carboxylic acids is 1. The molecule has 1 aromatic carbocycles. The van der Waals surface area contributed by atoms with Crippen molar-refractivity contribution in [3.05, 3.63) is 29.3 Å². The molecule has 19 heavy (non-hydrogen) atoms. The van der Waals surface area contributed by atoms with Crippen LogP contribution >= 0.6 is 0 Å². The summed E-state index contributed by atoms with van der Waals surface area (Å²) in [5.74, 6) is 0.798. The van der Waals surface area contributed by atoms with E-state index in [1.807, 2.05) is 26.0 Å². The summed E-state index contributed by atoms with van der Waals surface area (Å²) in [7, 11) is 1.64. The minimum absolute atomic E-state index is 0.000427. The first kappa shape index (κ1) is 15.7. The molecule has 1 rings (SSSR count). The van der Waals surface area contributed by atoms with Crippen LogP contribution in [0, 0.1) is 0 Å². The van der Waals surface area contributed by atoms with Gasteiger partial charge >= 0.3 is 0 Å². The van der Waals surface area contributed by atoms with Gasteiger partial charge in [-0.25, -0.2) is 0 Å². The molecule has 1 atom stereocenters. The summed E-state index contributed by atoms with van der Waals surface area (Å²) >= 11 is 0. The smallest absolute Gasteiger partial charge is 0.159 e. The molecule has 4 nitrogen and oxygen atoms in total. The number of hydrogen-bond acceptors (Lipinski definition) is 4. The number of rotatable bonds is 8. The number of ketones is 1. The zero-order valence-corrected chi connectivity index (χ0v) is 12.1. The lowest BCUT2D eigenvalue weighted by Gasteiger charge is -2.15. The predicted octanol–water partition coefficient (Wildman–Crippen LogP) is 2.84. The second kappa shape index (κ2) is 7.92. The molecule has 0 aromatic heterocycles. The first-order valence-corrected chi connectivity index (χ1v) is 6.45. The fraction of sp³-hybridized carbons (Fsp3) is 0.533. The van der Waals surface area contributed by atoms with Gasteiger partial charge in [0.05, 0.1) is 25.9 Å². The zero-order valence-electron chi connectivity index (χ0n) is 12.1. The highest BCUT2D eigenvalue weighted by Gasteiger charge is 2.10. The zero-order chi connectivity index (χ0) is 14.3. The van der Waals surface area contributed by atoms with Gasteiger partial charge in [0.25, 0.3) is 0 Å². The van der Waals surface area contributed by atoms with Crippen LogP contribution in [-0.4, -0.2) is 32.2 Å². The van der Waals surface area contributed by atoms with Crippen LogP contribution in [0.1, 0.15) is 36.7 Å². The second-order valence-electron chi connectivity index (χ2n) is 4.39. The molecule has 0 heterocycles. The molecule has 0 amide bonds. The van der Waals surface area contributed by atoms with E-state index in [2.05, 4.69) is 0 Å². The maximum absolute atomic E-state index is 11.4. The quantitative estimate of drug-likeness (QED) is 0.679. The van der Waals surface area contributed by atoms with Crippen LogP contribution in [0.3, 0.4) is 0 Å². The Morgan fingerprint density at radius 1 is 1.37 bits per heavy atom. The summed E-state index contributed by atoms with van der Waals surface area (Å²) in [6.45, 7) is 6.95.